The molecule has 0 fully saturated rings. The number of methoxy groups -OCH3 is 1. The predicted octanol–water partition coefficient (Wildman–Crippen LogP) is 2.39. The largest absolute Gasteiger partial charge is 0.469 e. The van der Waals surface area contributed by atoms with Crippen LogP contribution in [0.15, 0.2) is 12.3 Å². The monoisotopic (exact) mass is 235 g/mol. The molecule has 0 atom stereocenters. The molecule has 1 rings (SSSR count). The van der Waals surface area contributed by atoms with Gasteiger partial charge in [0.05, 0.1) is 29.8 Å². The fourth-order valence-electron chi connectivity index (χ4n) is 0.958. The molecule has 0 unspecified atom stereocenters. The first-order valence-corrected chi connectivity index (χ1v) is 4.41. The minimum atomic E-state index is -2.67. The van der Waals surface area contributed by atoms with Crippen LogP contribution < -0.4 is 0 Å². The Bertz CT molecular complexity index is 371. The van der Waals surface area contributed by atoms with Gasteiger partial charge in [0, 0.05) is 6.20 Å². The lowest BCUT2D eigenvalue weighted by Crippen LogP contribution is -2.06. The molecule has 0 bridgehead atoms. The van der Waals surface area contributed by atoms with E-state index in [-0.39, 0.29) is 17.0 Å². The summed E-state index contributed by atoms with van der Waals surface area (Å²) in [7, 11) is 1.23. The lowest BCUT2D eigenvalue weighted by atomic mass is 10.2. The zero-order valence-electron chi connectivity index (χ0n) is 7.84. The quantitative estimate of drug-likeness (QED) is 0.755. The Morgan fingerprint density at radius 1 is 1.67 bits per heavy atom. The third-order valence-electron chi connectivity index (χ3n) is 1.73. The Hall–Kier alpha value is -1.23. The maximum Gasteiger partial charge on any atom is 0.311 e. The number of esters is 1. The summed E-state index contributed by atoms with van der Waals surface area (Å²) in [6, 6.07) is 1.24. The van der Waals surface area contributed by atoms with Crippen molar-refractivity contribution in [3.8, 4) is 0 Å². The number of carbonyl (C=O) groups excluding carboxylic acids is 1. The molecule has 1 aromatic rings. The van der Waals surface area contributed by atoms with Crippen molar-refractivity contribution in [3.63, 3.8) is 0 Å². The van der Waals surface area contributed by atoms with Gasteiger partial charge in [-0.15, -0.1) is 0 Å². The Morgan fingerprint density at radius 2 is 2.33 bits per heavy atom. The fraction of sp³-hybridized carbons (Fsp3) is 0.333. The smallest absolute Gasteiger partial charge is 0.311 e. The maximum absolute atomic E-state index is 12.3. The first-order chi connectivity index (χ1) is 7.04. The van der Waals surface area contributed by atoms with E-state index in [0.29, 0.717) is 5.69 Å². The van der Waals surface area contributed by atoms with E-state index in [0.717, 1.165) is 6.20 Å². The fourth-order valence-corrected chi connectivity index (χ4v) is 1.22. The maximum atomic E-state index is 12.3. The molecule has 0 aliphatic carbocycles. The Balaban J connectivity index is 2.87. The van der Waals surface area contributed by atoms with E-state index in [2.05, 4.69) is 9.72 Å². The van der Waals surface area contributed by atoms with Gasteiger partial charge in [-0.25, -0.2) is 8.78 Å². The van der Waals surface area contributed by atoms with Gasteiger partial charge in [0.25, 0.3) is 6.43 Å². The van der Waals surface area contributed by atoms with Crippen LogP contribution in [0.25, 0.3) is 0 Å². The number of carbonyl (C=O) groups is 1. The van der Waals surface area contributed by atoms with E-state index in [4.69, 9.17) is 11.6 Å². The van der Waals surface area contributed by atoms with Gasteiger partial charge < -0.3 is 4.74 Å². The molecule has 1 aromatic heterocycles. The minimum absolute atomic E-state index is 0.0836. The van der Waals surface area contributed by atoms with Crippen molar-refractivity contribution in [2.24, 2.45) is 0 Å². The SMILES string of the molecule is COC(=O)Cc1cc(Cl)c(C(F)F)cn1. The average Bonchev–Trinajstić information content (AvgIpc) is 2.17. The molecule has 1 heterocycles. The molecule has 6 heteroatoms. The molecule has 0 amide bonds. The number of rotatable bonds is 3. The van der Waals surface area contributed by atoms with Crippen LogP contribution in [-0.2, 0) is 16.0 Å². The number of hydrogen-bond acceptors (Lipinski definition) is 3. The van der Waals surface area contributed by atoms with Crippen LogP contribution in [0.4, 0.5) is 8.78 Å². The molecule has 0 saturated carbocycles. The van der Waals surface area contributed by atoms with Crippen LogP contribution in [0, 0.1) is 0 Å². The summed E-state index contributed by atoms with van der Waals surface area (Å²) in [5.41, 5.74) is -0.0402. The summed E-state index contributed by atoms with van der Waals surface area (Å²) in [6.07, 6.45) is -1.79. The number of alkyl halides is 2. The van der Waals surface area contributed by atoms with E-state index >= 15 is 0 Å². The van der Waals surface area contributed by atoms with Crippen LogP contribution >= 0.6 is 11.6 Å². The van der Waals surface area contributed by atoms with Crippen LogP contribution in [0.5, 0.6) is 0 Å². The van der Waals surface area contributed by atoms with Gasteiger partial charge in [-0.3, -0.25) is 9.78 Å². The first kappa shape index (κ1) is 11.8. The van der Waals surface area contributed by atoms with Gasteiger partial charge in [-0.2, -0.15) is 0 Å². The molecular weight excluding hydrogens is 228 g/mol. The normalized spacial score (nSPS) is 10.5. The van der Waals surface area contributed by atoms with Crippen molar-refractivity contribution in [2.45, 2.75) is 12.8 Å². The number of nitrogens with zero attached hydrogens (tertiary/aromatic N) is 1. The van der Waals surface area contributed by atoms with Crippen LogP contribution in [0.2, 0.25) is 5.02 Å². The van der Waals surface area contributed by atoms with Crippen LogP contribution in [0.1, 0.15) is 17.7 Å². The van der Waals surface area contributed by atoms with E-state index < -0.39 is 12.4 Å². The standard InChI is InChI=1S/C9H8ClF2NO2/c1-15-8(14)3-5-2-7(10)6(4-13-5)9(11)12/h2,4,9H,3H2,1H3. The molecule has 0 saturated heterocycles. The molecule has 0 radical (unpaired) electrons. The predicted molar refractivity (Wildman–Crippen MR) is 49.9 cm³/mol. The average molecular weight is 236 g/mol. The topological polar surface area (TPSA) is 39.2 Å². The Kier molecular flexibility index (Phi) is 3.96. The second kappa shape index (κ2) is 5.02. The van der Waals surface area contributed by atoms with Crippen molar-refractivity contribution in [3.05, 3.63) is 28.5 Å². The number of ether oxygens (including phenoxy) is 1. The van der Waals surface area contributed by atoms with E-state index in [1.165, 1.54) is 13.2 Å². The molecule has 82 valence electrons. The molecule has 0 aromatic carbocycles. The van der Waals surface area contributed by atoms with Crippen LogP contribution in [0.3, 0.4) is 0 Å². The zero-order valence-corrected chi connectivity index (χ0v) is 8.59. The lowest BCUT2D eigenvalue weighted by Gasteiger charge is -2.04. The van der Waals surface area contributed by atoms with Crippen molar-refractivity contribution >= 4 is 17.6 Å². The molecule has 3 nitrogen and oxygen atoms in total. The van der Waals surface area contributed by atoms with Gasteiger partial charge in [-0.05, 0) is 6.07 Å². The highest BCUT2D eigenvalue weighted by molar-refractivity contribution is 6.31. The van der Waals surface area contributed by atoms with E-state index in [1.807, 2.05) is 0 Å². The molecule has 0 N–H and O–H groups in total. The summed E-state index contributed by atoms with van der Waals surface area (Å²) < 4.78 is 28.9. The third kappa shape index (κ3) is 3.13. The summed E-state index contributed by atoms with van der Waals surface area (Å²) in [6.45, 7) is 0. The van der Waals surface area contributed by atoms with Crippen molar-refractivity contribution in [1.29, 1.82) is 0 Å². The van der Waals surface area contributed by atoms with Crippen molar-refractivity contribution < 1.29 is 18.3 Å². The van der Waals surface area contributed by atoms with Crippen LogP contribution in [-0.4, -0.2) is 18.1 Å². The minimum Gasteiger partial charge on any atom is -0.469 e. The highest BCUT2D eigenvalue weighted by atomic mass is 35.5. The molecule has 0 aliphatic rings. The highest BCUT2D eigenvalue weighted by Crippen LogP contribution is 2.26. The second-order valence-electron chi connectivity index (χ2n) is 2.75. The lowest BCUT2D eigenvalue weighted by molar-refractivity contribution is -0.139. The molecule has 15 heavy (non-hydrogen) atoms. The van der Waals surface area contributed by atoms with Gasteiger partial charge in [0.2, 0.25) is 0 Å². The first-order valence-electron chi connectivity index (χ1n) is 4.04. The third-order valence-corrected chi connectivity index (χ3v) is 2.05. The zero-order chi connectivity index (χ0) is 11.4. The van der Waals surface area contributed by atoms with Gasteiger partial charge >= 0.3 is 5.97 Å². The Labute approximate surface area is 90.0 Å². The Morgan fingerprint density at radius 3 is 2.80 bits per heavy atom. The summed E-state index contributed by atoms with van der Waals surface area (Å²) in [5, 5.41) is -0.0982. The second-order valence-corrected chi connectivity index (χ2v) is 3.16. The van der Waals surface area contributed by atoms with E-state index in [9.17, 15) is 13.6 Å². The van der Waals surface area contributed by atoms with E-state index in [1.54, 1.807) is 0 Å². The summed E-state index contributed by atoms with van der Waals surface area (Å²) in [4.78, 5) is 14.5. The van der Waals surface area contributed by atoms with Crippen molar-refractivity contribution in [1.82, 2.24) is 4.98 Å². The van der Waals surface area contributed by atoms with Gasteiger partial charge in [-0.1, -0.05) is 11.6 Å². The summed E-state index contributed by atoms with van der Waals surface area (Å²) in [5.74, 6) is -0.497. The van der Waals surface area contributed by atoms with Gasteiger partial charge in [0.1, 0.15) is 0 Å². The number of halogens is 3. The summed E-state index contributed by atoms with van der Waals surface area (Å²) >= 11 is 5.58. The highest BCUT2D eigenvalue weighted by Gasteiger charge is 2.14. The number of hydrogen-bond donors (Lipinski definition) is 0. The number of aromatic nitrogens is 1. The molecule has 0 aliphatic heterocycles. The molecule has 0 spiro atoms. The van der Waals surface area contributed by atoms with Crippen molar-refractivity contribution in [2.75, 3.05) is 7.11 Å². The number of pyridine rings is 1. The van der Waals surface area contributed by atoms with Gasteiger partial charge in [0.15, 0.2) is 0 Å². The molecular formula is C9H8ClF2NO2.